The van der Waals surface area contributed by atoms with E-state index in [4.69, 9.17) is 9.84 Å². The summed E-state index contributed by atoms with van der Waals surface area (Å²) in [4.78, 5) is 27.0. The molecule has 0 saturated heterocycles. The molecular weight excluding hydrogens is 326 g/mol. The van der Waals surface area contributed by atoms with E-state index in [1.165, 1.54) is 10.9 Å². The highest BCUT2D eigenvalue weighted by molar-refractivity contribution is 5.93. The van der Waals surface area contributed by atoms with E-state index in [2.05, 4.69) is 20.7 Å². The van der Waals surface area contributed by atoms with E-state index < -0.39 is 17.7 Å². The molecule has 0 unspecified atom stereocenters. The maximum atomic E-state index is 11.8. The van der Waals surface area contributed by atoms with Crippen molar-refractivity contribution in [3.05, 3.63) is 35.7 Å². The van der Waals surface area contributed by atoms with Crippen LogP contribution in [0, 0.1) is 0 Å². The number of nitrogens with zero attached hydrogens (tertiary/aromatic N) is 3. The number of ether oxygens (including phenoxy) is 1. The summed E-state index contributed by atoms with van der Waals surface area (Å²) in [6.07, 6.45) is 2.24. The number of carboxylic acid groups (broad SMARTS) is 1. The molecule has 25 heavy (non-hydrogen) atoms. The summed E-state index contributed by atoms with van der Waals surface area (Å²) >= 11 is 0. The normalized spacial score (nSPS) is 11.0. The molecule has 0 bridgehead atoms. The zero-order chi connectivity index (χ0) is 18.6. The van der Waals surface area contributed by atoms with Crippen molar-refractivity contribution in [3.8, 4) is 0 Å². The second-order valence-electron chi connectivity index (χ2n) is 6.37. The average Bonchev–Trinajstić information content (AvgIpc) is 2.84. The minimum Gasteiger partial charge on any atom is -0.477 e. The van der Waals surface area contributed by atoms with E-state index in [0.717, 1.165) is 5.56 Å². The van der Waals surface area contributed by atoms with Gasteiger partial charge in [0.05, 0.1) is 6.20 Å². The van der Waals surface area contributed by atoms with Crippen molar-refractivity contribution < 1.29 is 19.4 Å². The van der Waals surface area contributed by atoms with Crippen LogP contribution in [0.1, 0.15) is 36.7 Å². The summed E-state index contributed by atoms with van der Waals surface area (Å²) in [6.45, 7) is 5.65. The minimum atomic E-state index is -1.06. The molecule has 1 amide bonds. The first-order valence-corrected chi connectivity index (χ1v) is 7.60. The van der Waals surface area contributed by atoms with Gasteiger partial charge in [0.15, 0.2) is 0 Å². The number of carboxylic acids is 1. The molecular formula is C16H21N5O4. The predicted molar refractivity (Wildman–Crippen MR) is 91.6 cm³/mol. The third-order valence-corrected chi connectivity index (χ3v) is 3.08. The third kappa shape index (κ3) is 5.20. The zero-order valence-corrected chi connectivity index (χ0v) is 14.5. The molecule has 2 rings (SSSR count). The summed E-state index contributed by atoms with van der Waals surface area (Å²) in [5, 5.41) is 18.7. The Labute approximate surface area is 145 Å². The van der Waals surface area contributed by atoms with Gasteiger partial charge in [-0.15, -0.1) is 0 Å². The molecule has 0 atom stereocenters. The molecule has 0 radical (unpaired) electrons. The summed E-state index contributed by atoms with van der Waals surface area (Å²) in [5.41, 5.74) is 0.290. The van der Waals surface area contributed by atoms with Crippen LogP contribution in [0.5, 0.6) is 0 Å². The maximum absolute atomic E-state index is 11.8. The number of rotatable bonds is 5. The number of aryl methyl sites for hydroxylation is 1. The van der Waals surface area contributed by atoms with Crippen LogP contribution < -0.4 is 10.6 Å². The Morgan fingerprint density at radius 3 is 2.72 bits per heavy atom. The van der Waals surface area contributed by atoms with E-state index in [-0.39, 0.29) is 5.56 Å². The fraction of sp³-hybridized carbons (Fsp3) is 0.375. The van der Waals surface area contributed by atoms with Crippen LogP contribution in [0.2, 0.25) is 0 Å². The van der Waals surface area contributed by atoms with Gasteiger partial charge in [-0.25, -0.2) is 14.6 Å². The highest BCUT2D eigenvalue weighted by atomic mass is 16.6. The second kappa shape index (κ2) is 7.20. The number of hydrogen-bond acceptors (Lipinski definition) is 6. The van der Waals surface area contributed by atoms with E-state index in [9.17, 15) is 9.59 Å². The molecule has 0 fully saturated rings. The van der Waals surface area contributed by atoms with Gasteiger partial charge in [-0.05, 0) is 38.5 Å². The fourth-order valence-electron chi connectivity index (χ4n) is 2.05. The van der Waals surface area contributed by atoms with E-state index >= 15 is 0 Å². The molecule has 9 heteroatoms. The van der Waals surface area contributed by atoms with Gasteiger partial charge in [0.2, 0.25) is 0 Å². The number of aromatic carboxylic acids is 1. The van der Waals surface area contributed by atoms with Crippen molar-refractivity contribution in [2.24, 2.45) is 7.05 Å². The maximum Gasteiger partial charge on any atom is 0.413 e. The first kappa shape index (κ1) is 18.2. The Morgan fingerprint density at radius 2 is 2.08 bits per heavy atom. The smallest absolute Gasteiger partial charge is 0.413 e. The molecule has 9 nitrogen and oxygen atoms in total. The molecule has 2 aromatic rings. The van der Waals surface area contributed by atoms with E-state index in [0.29, 0.717) is 18.2 Å². The van der Waals surface area contributed by atoms with Crippen LogP contribution in [0.25, 0.3) is 0 Å². The molecule has 2 aromatic heterocycles. The topological polar surface area (TPSA) is 118 Å². The van der Waals surface area contributed by atoms with Gasteiger partial charge in [-0.1, -0.05) is 0 Å². The van der Waals surface area contributed by atoms with Gasteiger partial charge in [0, 0.05) is 19.8 Å². The Hall–Kier alpha value is -3.10. The molecule has 0 aliphatic rings. The van der Waals surface area contributed by atoms with Crippen molar-refractivity contribution in [2.75, 3.05) is 10.6 Å². The molecule has 0 aromatic carbocycles. The number of nitrogens with one attached hydrogen (secondary N) is 2. The number of carbonyl (C=O) groups is 2. The number of aromatic nitrogens is 3. The summed E-state index contributed by atoms with van der Waals surface area (Å²) in [5.74, 6) is -0.319. The van der Waals surface area contributed by atoms with Crippen molar-refractivity contribution in [1.82, 2.24) is 14.8 Å². The summed E-state index contributed by atoms with van der Waals surface area (Å²) < 4.78 is 6.62. The second-order valence-corrected chi connectivity index (χ2v) is 6.37. The highest BCUT2D eigenvalue weighted by Crippen LogP contribution is 2.16. The predicted octanol–water partition coefficient (Wildman–Crippen LogP) is 2.47. The molecule has 134 valence electrons. The average molecular weight is 347 g/mol. The monoisotopic (exact) mass is 347 g/mol. The molecule has 0 aliphatic heterocycles. The van der Waals surface area contributed by atoms with Crippen LogP contribution in [0.15, 0.2) is 24.5 Å². The number of anilines is 2. The SMILES string of the molecule is Cn1ncc(C(=O)O)c1NCc1ccnc(NC(=O)OC(C)(C)C)c1. The summed E-state index contributed by atoms with van der Waals surface area (Å²) in [7, 11) is 1.65. The van der Waals surface area contributed by atoms with Gasteiger partial charge in [-0.2, -0.15) is 5.10 Å². The first-order chi connectivity index (χ1) is 11.7. The largest absolute Gasteiger partial charge is 0.477 e. The van der Waals surface area contributed by atoms with Crippen molar-refractivity contribution >= 4 is 23.7 Å². The molecule has 0 spiro atoms. The van der Waals surface area contributed by atoms with Crippen molar-refractivity contribution in [2.45, 2.75) is 32.9 Å². The van der Waals surface area contributed by atoms with Crippen LogP contribution in [-0.2, 0) is 18.3 Å². The summed E-state index contributed by atoms with van der Waals surface area (Å²) in [6, 6.07) is 3.43. The van der Waals surface area contributed by atoms with Crippen LogP contribution in [-0.4, -0.2) is 37.5 Å². The minimum absolute atomic E-state index is 0.0867. The molecule has 0 saturated carbocycles. The van der Waals surface area contributed by atoms with Gasteiger partial charge in [-0.3, -0.25) is 10.00 Å². The number of hydrogen-bond donors (Lipinski definition) is 3. The van der Waals surface area contributed by atoms with E-state index in [1.54, 1.807) is 46.1 Å². The van der Waals surface area contributed by atoms with Gasteiger partial charge < -0.3 is 15.2 Å². The van der Waals surface area contributed by atoms with Crippen LogP contribution in [0.3, 0.4) is 0 Å². The quantitative estimate of drug-likeness (QED) is 0.760. The lowest BCUT2D eigenvalue weighted by Crippen LogP contribution is -2.27. The van der Waals surface area contributed by atoms with Crippen molar-refractivity contribution in [3.63, 3.8) is 0 Å². The zero-order valence-electron chi connectivity index (χ0n) is 14.5. The van der Waals surface area contributed by atoms with Gasteiger partial charge >= 0.3 is 12.1 Å². The highest BCUT2D eigenvalue weighted by Gasteiger charge is 2.17. The lowest BCUT2D eigenvalue weighted by molar-refractivity contribution is 0.0633. The lowest BCUT2D eigenvalue weighted by Gasteiger charge is -2.19. The molecule has 2 heterocycles. The first-order valence-electron chi connectivity index (χ1n) is 7.60. The number of pyridine rings is 1. The van der Waals surface area contributed by atoms with Crippen LogP contribution >= 0.6 is 0 Å². The van der Waals surface area contributed by atoms with Crippen molar-refractivity contribution in [1.29, 1.82) is 0 Å². The molecule has 3 N–H and O–H groups in total. The van der Waals surface area contributed by atoms with Gasteiger partial charge in [0.1, 0.15) is 22.8 Å². The third-order valence-electron chi connectivity index (χ3n) is 3.08. The number of carbonyl (C=O) groups excluding carboxylic acids is 1. The Morgan fingerprint density at radius 1 is 1.36 bits per heavy atom. The fourth-order valence-corrected chi connectivity index (χ4v) is 2.05. The Bertz CT molecular complexity index is 779. The lowest BCUT2D eigenvalue weighted by atomic mass is 10.2. The van der Waals surface area contributed by atoms with Gasteiger partial charge in [0.25, 0.3) is 0 Å². The number of amides is 1. The van der Waals surface area contributed by atoms with Crippen LogP contribution in [0.4, 0.5) is 16.4 Å². The Balaban J connectivity index is 2.04. The van der Waals surface area contributed by atoms with E-state index in [1.807, 2.05) is 0 Å². The Kier molecular flexibility index (Phi) is 5.26. The molecule has 0 aliphatic carbocycles. The standard InChI is InChI=1S/C16H21N5O4/c1-16(2,3)25-15(24)20-12-7-10(5-6-17-12)8-18-13-11(14(22)23)9-19-21(13)4/h5-7,9,18H,8H2,1-4H3,(H,22,23)(H,17,20,24).